The zero-order chi connectivity index (χ0) is 14.4. The quantitative estimate of drug-likeness (QED) is 0.759. The molecule has 2 heteroatoms. The van der Waals surface area contributed by atoms with Crippen molar-refractivity contribution < 1.29 is 0 Å². The number of hydrogen-bond donors (Lipinski definition) is 1. The van der Waals surface area contributed by atoms with Crippen molar-refractivity contribution in [3.63, 3.8) is 0 Å². The first-order chi connectivity index (χ1) is 9.70. The largest absolute Gasteiger partial charge is 0.311 e. The molecule has 0 radical (unpaired) electrons. The van der Waals surface area contributed by atoms with Crippen LogP contribution < -0.4 is 5.32 Å². The Kier molecular flexibility index (Phi) is 6.83. The lowest BCUT2D eigenvalue weighted by Gasteiger charge is -2.45. The molecule has 0 bridgehead atoms. The Balaban J connectivity index is 1.99. The Morgan fingerprint density at radius 1 is 1.10 bits per heavy atom. The van der Waals surface area contributed by atoms with E-state index in [2.05, 4.69) is 31.0 Å². The normalized spacial score (nSPS) is 30.6. The third-order valence-corrected chi connectivity index (χ3v) is 5.22. The van der Waals surface area contributed by atoms with E-state index >= 15 is 0 Å². The molecule has 2 fully saturated rings. The van der Waals surface area contributed by atoms with E-state index in [1.165, 1.54) is 70.9 Å². The van der Waals surface area contributed by atoms with Gasteiger partial charge in [0.1, 0.15) is 0 Å². The van der Waals surface area contributed by atoms with Crippen LogP contribution >= 0.6 is 0 Å². The maximum atomic E-state index is 3.82. The molecule has 1 aliphatic heterocycles. The van der Waals surface area contributed by atoms with Crippen molar-refractivity contribution in [3.8, 4) is 0 Å². The highest BCUT2D eigenvalue weighted by Gasteiger charge is 2.32. The molecular formula is C18H36N2. The fraction of sp³-hybridized carbons (Fsp3) is 1.00. The number of nitrogens with one attached hydrogen (secondary N) is 1. The van der Waals surface area contributed by atoms with Crippen LogP contribution in [-0.2, 0) is 0 Å². The summed E-state index contributed by atoms with van der Waals surface area (Å²) in [6, 6.07) is 2.40. The van der Waals surface area contributed by atoms with E-state index in [0.717, 1.165) is 24.0 Å². The Bertz CT molecular complexity index is 254. The highest BCUT2D eigenvalue weighted by molar-refractivity contribution is 4.90. The van der Waals surface area contributed by atoms with Gasteiger partial charge in [-0.15, -0.1) is 0 Å². The number of rotatable bonds is 5. The molecular weight excluding hydrogens is 244 g/mol. The van der Waals surface area contributed by atoms with Crippen LogP contribution in [0.15, 0.2) is 0 Å². The molecule has 1 N–H and O–H groups in total. The topological polar surface area (TPSA) is 15.3 Å². The van der Waals surface area contributed by atoms with Gasteiger partial charge in [0.25, 0.3) is 0 Å². The lowest BCUT2D eigenvalue weighted by atomic mass is 9.94. The average Bonchev–Trinajstić information content (AvgIpc) is 2.69. The minimum Gasteiger partial charge on any atom is -0.311 e. The summed E-state index contributed by atoms with van der Waals surface area (Å²) in [5.41, 5.74) is 0. The molecule has 2 rings (SSSR count). The van der Waals surface area contributed by atoms with Crippen molar-refractivity contribution >= 4 is 0 Å². The van der Waals surface area contributed by atoms with Crippen LogP contribution in [0.5, 0.6) is 0 Å². The molecule has 2 unspecified atom stereocenters. The molecule has 2 aliphatic rings. The molecule has 0 aromatic rings. The van der Waals surface area contributed by atoms with Gasteiger partial charge in [-0.25, -0.2) is 0 Å². The second-order valence-electron chi connectivity index (χ2n) is 7.52. The molecule has 2 nitrogen and oxygen atoms in total. The summed E-state index contributed by atoms with van der Waals surface area (Å²) >= 11 is 0. The predicted octanol–water partition coefficient (Wildman–Crippen LogP) is 4.20. The third-order valence-electron chi connectivity index (χ3n) is 5.22. The Hall–Kier alpha value is -0.0800. The summed E-state index contributed by atoms with van der Waals surface area (Å²) in [5, 5.41) is 3.82. The van der Waals surface area contributed by atoms with Crippen LogP contribution in [0.2, 0.25) is 0 Å². The predicted molar refractivity (Wildman–Crippen MR) is 88.1 cm³/mol. The van der Waals surface area contributed by atoms with E-state index < -0.39 is 0 Å². The maximum Gasteiger partial charge on any atom is 0.0226 e. The minimum absolute atomic E-state index is 0.742. The van der Waals surface area contributed by atoms with E-state index in [4.69, 9.17) is 0 Å². The summed E-state index contributed by atoms with van der Waals surface area (Å²) < 4.78 is 0. The molecule has 118 valence electrons. The fourth-order valence-electron chi connectivity index (χ4n) is 4.23. The van der Waals surface area contributed by atoms with Gasteiger partial charge in [-0.2, -0.15) is 0 Å². The summed E-state index contributed by atoms with van der Waals surface area (Å²) in [5.74, 6) is 0.817. The van der Waals surface area contributed by atoms with Crippen molar-refractivity contribution in [2.75, 3.05) is 13.1 Å². The molecule has 0 aromatic carbocycles. The van der Waals surface area contributed by atoms with Crippen molar-refractivity contribution in [1.82, 2.24) is 10.2 Å². The van der Waals surface area contributed by atoms with Crippen LogP contribution in [0.3, 0.4) is 0 Å². The molecule has 0 amide bonds. The van der Waals surface area contributed by atoms with Gasteiger partial charge < -0.3 is 5.32 Å². The van der Waals surface area contributed by atoms with Crippen molar-refractivity contribution in [2.24, 2.45) is 5.92 Å². The van der Waals surface area contributed by atoms with Crippen LogP contribution in [0.25, 0.3) is 0 Å². The van der Waals surface area contributed by atoms with Crippen LogP contribution in [0.4, 0.5) is 0 Å². The number of piperazine rings is 1. The number of hydrogen-bond acceptors (Lipinski definition) is 2. The van der Waals surface area contributed by atoms with Gasteiger partial charge in [0, 0.05) is 31.2 Å². The molecule has 1 saturated carbocycles. The summed E-state index contributed by atoms with van der Waals surface area (Å²) in [6.07, 6.45) is 12.8. The van der Waals surface area contributed by atoms with Crippen LogP contribution in [0.1, 0.15) is 78.6 Å². The van der Waals surface area contributed by atoms with E-state index in [1.54, 1.807) is 0 Å². The lowest BCUT2D eigenvalue weighted by molar-refractivity contribution is 0.0594. The third kappa shape index (κ3) is 4.73. The van der Waals surface area contributed by atoms with Crippen molar-refractivity contribution in [3.05, 3.63) is 0 Å². The van der Waals surface area contributed by atoms with E-state index in [0.29, 0.717) is 0 Å². The summed E-state index contributed by atoms with van der Waals surface area (Å²) in [4.78, 5) is 2.92. The molecule has 0 spiro atoms. The monoisotopic (exact) mass is 280 g/mol. The van der Waals surface area contributed by atoms with E-state index in [-0.39, 0.29) is 0 Å². The van der Waals surface area contributed by atoms with Gasteiger partial charge in [-0.05, 0) is 31.6 Å². The van der Waals surface area contributed by atoms with Crippen LogP contribution in [0, 0.1) is 5.92 Å². The number of nitrogens with zero attached hydrogens (tertiary/aromatic N) is 1. The van der Waals surface area contributed by atoms with Crippen molar-refractivity contribution in [2.45, 2.75) is 96.7 Å². The summed E-state index contributed by atoms with van der Waals surface area (Å²) in [7, 11) is 0. The van der Waals surface area contributed by atoms with E-state index in [9.17, 15) is 0 Å². The van der Waals surface area contributed by atoms with Crippen molar-refractivity contribution in [1.29, 1.82) is 0 Å². The van der Waals surface area contributed by atoms with Gasteiger partial charge in [0.2, 0.25) is 0 Å². The molecule has 20 heavy (non-hydrogen) atoms. The zero-order valence-electron chi connectivity index (χ0n) is 14.0. The highest BCUT2D eigenvalue weighted by atomic mass is 15.3. The highest BCUT2D eigenvalue weighted by Crippen LogP contribution is 2.27. The average molecular weight is 280 g/mol. The molecule has 2 atom stereocenters. The second-order valence-corrected chi connectivity index (χ2v) is 7.52. The Morgan fingerprint density at radius 2 is 1.80 bits per heavy atom. The summed E-state index contributed by atoms with van der Waals surface area (Å²) in [6.45, 7) is 9.60. The Labute approximate surface area is 126 Å². The molecule has 1 aliphatic carbocycles. The first-order valence-electron chi connectivity index (χ1n) is 9.19. The van der Waals surface area contributed by atoms with E-state index in [1.807, 2.05) is 0 Å². The fourth-order valence-corrected chi connectivity index (χ4v) is 4.23. The van der Waals surface area contributed by atoms with Gasteiger partial charge in [-0.3, -0.25) is 4.90 Å². The van der Waals surface area contributed by atoms with Crippen LogP contribution in [-0.4, -0.2) is 36.1 Å². The zero-order valence-corrected chi connectivity index (χ0v) is 14.0. The standard InChI is InChI=1S/C18H36N2/c1-4-9-16-14-20(17-10-7-5-6-8-11-17)18(13-19-16)12-15(2)3/h15-19H,4-14H2,1-3H3. The SMILES string of the molecule is CCCC1CN(C2CCCCCC2)C(CC(C)C)CN1. The van der Waals surface area contributed by atoms with Gasteiger partial charge in [0.15, 0.2) is 0 Å². The Morgan fingerprint density at radius 3 is 2.40 bits per heavy atom. The molecule has 0 aromatic heterocycles. The van der Waals surface area contributed by atoms with Gasteiger partial charge in [-0.1, -0.05) is 52.9 Å². The first kappa shape index (κ1) is 16.3. The minimum atomic E-state index is 0.742. The van der Waals surface area contributed by atoms with Gasteiger partial charge >= 0.3 is 0 Å². The smallest absolute Gasteiger partial charge is 0.0226 e. The van der Waals surface area contributed by atoms with Gasteiger partial charge in [0.05, 0.1) is 0 Å². The first-order valence-corrected chi connectivity index (χ1v) is 9.19. The molecule has 1 heterocycles. The molecule has 1 saturated heterocycles. The second kappa shape index (κ2) is 8.38. The lowest BCUT2D eigenvalue weighted by Crippen LogP contribution is -2.59. The maximum absolute atomic E-state index is 3.82.